The predicted octanol–water partition coefficient (Wildman–Crippen LogP) is 4.56. The van der Waals surface area contributed by atoms with Crippen molar-refractivity contribution >= 4 is 42.5 Å². The van der Waals surface area contributed by atoms with Gasteiger partial charge in [0, 0.05) is 0 Å². The first-order chi connectivity index (χ1) is 16.2. The highest BCUT2D eigenvalue weighted by Gasteiger charge is 2.30. The lowest BCUT2D eigenvalue weighted by Gasteiger charge is -2.44. The molecule has 0 aromatic heterocycles. The Hall–Kier alpha value is -3.41. The maximum atomic E-state index is 2.69. The van der Waals surface area contributed by atoms with Crippen LogP contribution in [0.3, 0.4) is 0 Å². The summed E-state index contributed by atoms with van der Waals surface area (Å²) in [5, 5.41) is 1.28. The van der Waals surface area contributed by atoms with Crippen molar-refractivity contribution in [2.24, 2.45) is 0 Å². The van der Waals surface area contributed by atoms with E-state index in [1.807, 2.05) is 12.1 Å². The standard InChI is InChI=1S/C24H20B.C7H9P/c1-5-13-21(14-6-1)25(22-15-7-2-8-16-22,23-17-9-3-10-18-23)24-19-11-4-12-20-24;1-6-4-2-3-5-7(6)8/h1-20H;2-5H,8H2,1H3/q-1;. The van der Waals surface area contributed by atoms with Crippen molar-refractivity contribution in [2.75, 3.05) is 0 Å². The van der Waals surface area contributed by atoms with Gasteiger partial charge in [-0.25, -0.2) is 0 Å². The average molecular weight is 443 g/mol. The van der Waals surface area contributed by atoms with Gasteiger partial charge in [0.15, 0.2) is 0 Å². The topological polar surface area (TPSA) is 0 Å². The molecule has 5 aromatic carbocycles. The molecule has 0 spiro atoms. The maximum Gasteiger partial charge on any atom is 0.108 e. The number of hydrogen-bond donors (Lipinski definition) is 0. The molecule has 5 rings (SSSR count). The Kier molecular flexibility index (Phi) is 7.56. The first kappa shape index (κ1) is 22.8. The van der Waals surface area contributed by atoms with Gasteiger partial charge < -0.3 is 0 Å². The van der Waals surface area contributed by atoms with E-state index in [2.05, 4.69) is 150 Å². The summed E-state index contributed by atoms with van der Waals surface area (Å²) in [5.74, 6) is 0. The third-order valence-corrected chi connectivity index (χ3v) is 7.03. The zero-order valence-corrected chi connectivity index (χ0v) is 20.2. The molecule has 1 unspecified atom stereocenters. The van der Waals surface area contributed by atoms with Gasteiger partial charge in [-0.05, 0) is 17.8 Å². The highest BCUT2D eigenvalue weighted by atomic mass is 31.0. The van der Waals surface area contributed by atoms with E-state index in [-0.39, 0.29) is 0 Å². The lowest BCUT2D eigenvalue weighted by Crippen LogP contribution is -2.74. The van der Waals surface area contributed by atoms with E-state index < -0.39 is 6.15 Å². The van der Waals surface area contributed by atoms with Gasteiger partial charge in [-0.3, -0.25) is 0 Å². The Balaban J connectivity index is 0.000000275. The van der Waals surface area contributed by atoms with Crippen molar-refractivity contribution in [1.82, 2.24) is 0 Å². The lowest BCUT2D eigenvalue weighted by molar-refractivity contribution is 1.52. The van der Waals surface area contributed by atoms with Crippen molar-refractivity contribution < 1.29 is 0 Å². The van der Waals surface area contributed by atoms with Crippen LogP contribution in [-0.2, 0) is 0 Å². The third kappa shape index (κ3) is 5.00. The van der Waals surface area contributed by atoms with Crippen molar-refractivity contribution in [3.8, 4) is 0 Å². The summed E-state index contributed by atoms with van der Waals surface area (Å²) in [5.41, 5.74) is 6.69. The van der Waals surface area contributed by atoms with Gasteiger partial charge in [-0.1, -0.05) is 146 Å². The van der Waals surface area contributed by atoms with Crippen molar-refractivity contribution in [3.63, 3.8) is 0 Å². The largest absolute Gasteiger partial charge is 0.195 e. The Morgan fingerprint density at radius 2 is 0.667 bits per heavy atom. The number of rotatable bonds is 4. The van der Waals surface area contributed by atoms with E-state index in [1.54, 1.807) is 0 Å². The van der Waals surface area contributed by atoms with Gasteiger partial charge in [0.1, 0.15) is 6.15 Å². The van der Waals surface area contributed by atoms with Crippen LogP contribution in [0.15, 0.2) is 146 Å². The molecule has 0 aliphatic heterocycles. The van der Waals surface area contributed by atoms with E-state index in [4.69, 9.17) is 0 Å². The van der Waals surface area contributed by atoms with Gasteiger partial charge in [-0.15, -0.1) is 9.24 Å². The molecule has 0 heterocycles. The van der Waals surface area contributed by atoms with Crippen LogP contribution in [0, 0.1) is 6.92 Å². The molecule has 0 amide bonds. The average Bonchev–Trinajstić information content (AvgIpc) is 2.89. The summed E-state index contributed by atoms with van der Waals surface area (Å²) in [6, 6.07) is 51.8. The van der Waals surface area contributed by atoms with Crippen LogP contribution in [0.4, 0.5) is 0 Å². The Morgan fingerprint density at radius 3 is 0.909 bits per heavy atom. The highest BCUT2D eigenvalue weighted by molar-refractivity contribution is 7.27. The summed E-state index contributed by atoms with van der Waals surface area (Å²) in [4.78, 5) is 0. The summed E-state index contributed by atoms with van der Waals surface area (Å²) in [6.07, 6.45) is -1.22. The zero-order chi connectivity index (χ0) is 22.9. The second-order valence-electron chi connectivity index (χ2n) is 8.37. The normalized spacial score (nSPS) is 10.7. The molecule has 0 nitrogen and oxygen atoms in total. The van der Waals surface area contributed by atoms with E-state index in [0.717, 1.165) is 0 Å². The Morgan fingerprint density at radius 1 is 0.394 bits per heavy atom. The fraction of sp³-hybridized carbons (Fsp3) is 0.0323. The first-order valence-electron chi connectivity index (χ1n) is 11.4. The minimum atomic E-state index is -1.22. The second-order valence-corrected chi connectivity index (χ2v) is 8.99. The van der Waals surface area contributed by atoms with Crippen LogP contribution in [-0.4, -0.2) is 6.15 Å². The smallest absolute Gasteiger partial charge is 0.108 e. The number of aryl methyl sites for hydroxylation is 1. The van der Waals surface area contributed by atoms with Crippen molar-refractivity contribution in [1.29, 1.82) is 0 Å². The van der Waals surface area contributed by atoms with Crippen molar-refractivity contribution in [3.05, 3.63) is 151 Å². The summed E-state index contributed by atoms with van der Waals surface area (Å²) in [6.45, 7) is 2.10. The zero-order valence-electron chi connectivity index (χ0n) is 19.0. The van der Waals surface area contributed by atoms with Crippen molar-refractivity contribution in [2.45, 2.75) is 6.92 Å². The first-order valence-corrected chi connectivity index (χ1v) is 12.0. The van der Waals surface area contributed by atoms with E-state index in [0.29, 0.717) is 0 Å². The minimum Gasteiger partial charge on any atom is -0.195 e. The van der Waals surface area contributed by atoms with Crippen LogP contribution >= 0.6 is 9.24 Å². The molecular formula is C31H29BP-. The molecule has 5 aromatic rings. The highest BCUT2D eigenvalue weighted by Crippen LogP contribution is 2.09. The van der Waals surface area contributed by atoms with Crippen LogP contribution in [0.1, 0.15) is 5.56 Å². The molecule has 0 N–H and O–H groups in total. The monoisotopic (exact) mass is 443 g/mol. The van der Waals surface area contributed by atoms with Gasteiger partial charge >= 0.3 is 0 Å². The molecule has 0 saturated carbocycles. The van der Waals surface area contributed by atoms with E-state index in [1.165, 1.54) is 32.7 Å². The summed E-state index contributed by atoms with van der Waals surface area (Å²) in [7, 11) is 2.69. The van der Waals surface area contributed by atoms with Gasteiger partial charge in [-0.2, -0.15) is 21.9 Å². The Bertz CT molecular complexity index is 1070. The minimum absolute atomic E-state index is 1.22. The van der Waals surface area contributed by atoms with E-state index >= 15 is 0 Å². The van der Waals surface area contributed by atoms with Crippen LogP contribution in [0.2, 0.25) is 0 Å². The molecule has 1 atom stereocenters. The molecule has 0 saturated heterocycles. The molecule has 0 aliphatic rings. The second kappa shape index (κ2) is 10.9. The molecule has 33 heavy (non-hydrogen) atoms. The van der Waals surface area contributed by atoms with E-state index in [9.17, 15) is 0 Å². The molecular weight excluding hydrogens is 414 g/mol. The molecule has 0 aliphatic carbocycles. The summed E-state index contributed by atoms with van der Waals surface area (Å²) >= 11 is 0. The van der Waals surface area contributed by atoms with Crippen LogP contribution in [0.25, 0.3) is 0 Å². The summed E-state index contributed by atoms with van der Waals surface area (Å²) < 4.78 is 0. The molecule has 162 valence electrons. The Labute approximate surface area is 200 Å². The van der Waals surface area contributed by atoms with Gasteiger partial charge in [0.2, 0.25) is 0 Å². The molecule has 0 fully saturated rings. The number of benzene rings is 5. The molecule has 0 radical (unpaired) electrons. The maximum absolute atomic E-state index is 2.69. The fourth-order valence-corrected chi connectivity index (χ4v) is 4.92. The third-order valence-electron chi connectivity index (χ3n) is 6.39. The quantitative estimate of drug-likeness (QED) is 0.282. The predicted molar refractivity (Wildman–Crippen MR) is 151 cm³/mol. The number of hydrogen-bond acceptors (Lipinski definition) is 0. The van der Waals surface area contributed by atoms with Gasteiger partial charge in [0.25, 0.3) is 0 Å². The molecule has 0 bridgehead atoms. The van der Waals surface area contributed by atoms with Crippen LogP contribution < -0.4 is 27.2 Å². The lowest BCUT2D eigenvalue weighted by atomic mass is 9.13. The molecule has 2 heteroatoms. The SMILES string of the molecule is Cc1ccccc1P.c1ccc([B-](c2ccccc2)(c2ccccc2)c2ccccc2)cc1. The van der Waals surface area contributed by atoms with Gasteiger partial charge in [0.05, 0.1) is 0 Å². The van der Waals surface area contributed by atoms with Crippen LogP contribution in [0.5, 0.6) is 0 Å². The fourth-order valence-electron chi connectivity index (χ4n) is 4.71.